The number of hydrogen-bond acceptors (Lipinski definition) is 4. The van der Waals surface area contributed by atoms with Gasteiger partial charge in [0.05, 0.1) is 21.3 Å². The van der Waals surface area contributed by atoms with E-state index in [1.165, 1.54) is 11.3 Å². The van der Waals surface area contributed by atoms with Crippen molar-refractivity contribution >= 4 is 11.3 Å². The monoisotopic (exact) mass is 234 g/mol. The van der Waals surface area contributed by atoms with Crippen molar-refractivity contribution in [2.75, 3.05) is 0 Å². The second-order valence-electron chi connectivity index (χ2n) is 3.93. The predicted molar refractivity (Wildman–Crippen MR) is 64.5 cm³/mol. The van der Waals surface area contributed by atoms with Crippen LogP contribution in [0.3, 0.4) is 0 Å². The number of aliphatic hydroxyl groups is 1. The molecule has 0 spiro atoms. The maximum absolute atomic E-state index is 10.6. The number of thiazole rings is 1. The standard InChI is InChI=1S/C12H14N2OS/c1-8-11(16-9(2)14-8)12(3,15)10-6-4-5-7-13-10/h4-7,15H,1-3H3. The minimum Gasteiger partial charge on any atom is -0.378 e. The van der Waals surface area contributed by atoms with Crippen LogP contribution in [0.2, 0.25) is 0 Å². The molecular weight excluding hydrogens is 220 g/mol. The predicted octanol–water partition coefficient (Wildman–Crippen LogP) is 2.41. The van der Waals surface area contributed by atoms with Gasteiger partial charge in [0.2, 0.25) is 0 Å². The summed E-state index contributed by atoms with van der Waals surface area (Å²) in [5.41, 5.74) is 0.469. The maximum Gasteiger partial charge on any atom is 0.139 e. The molecule has 16 heavy (non-hydrogen) atoms. The highest BCUT2D eigenvalue weighted by Crippen LogP contribution is 2.33. The highest BCUT2D eigenvalue weighted by molar-refractivity contribution is 7.11. The van der Waals surface area contributed by atoms with E-state index in [4.69, 9.17) is 0 Å². The van der Waals surface area contributed by atoms with Crippen molar-refractivity contribution < 1.29 is 5.11 Å². The van der Waals surface area contributed by atoms with Crippen LogP contribution in [-0.4, -0.2) is 15.1 Å². The lowest BCUT2D eigenvalue weighted by atomic mass is 9.98. The number of nitrogens with zero attached hydrogens (tertiary/aromatic N) is 2. The van der Waals surface area contributed by atoms with Gasteiger partial charge in [0, 0.05) is 6.20 Å². The van der Waals surface area contributed by atoms with Crippen molar-refractivity contribution in [3.63, 3.8) is 0 Å². The summed E-state index contributed by atoms with van der Waals surface area (Å²) in [6, 6.07) is 5.54. The molecule has 2 heterocycles. The largest absolute Gasteiger partial charge is 0.378 e. The Morgan fingerprint density at radius 2 is 2.06 bits per heavy atom. The molecule has 0 aliphatic heterocycles. The van der Waals surface area contributed by atoms with E-state index < -0.39 is 5.60 Å². The van der Waals surface area contributed by atoms with Crippen LogP contribution >= 0.6 is 11.3 Å². The first-order valence-corrected chi connectivity index (χ1v) is 5.92. The molecule has 0 saturated heterocycles. The van der Waals surface area contributed by atoms with Crippen LogP contribution < -0.4 is 0 Å². The molecular formula is C12H14N2OS. The number of pyridine rings is 1. The molecule has 1 N–H and O–H groups in total. The van der Waals surface area contributed by atoms with Crippen molar-refractivity contribution in [2.45, 2.75) is 26.4 Å². The van der Waals surface area contributed by atoms with Gasteiger partial charge in [-0.1, -0.05) is 6.07 Å². The van der Waals surface area contributed by atoms with Crippen LogP contribution in [0.4, 0.5) is 0 Å². The molecule has 2 aromatic heterocycles. The minimum absolute atomic E-state index is 0.654. The summed E-state index contributed by atoms with van der Waals surface area (Å²) in [4.78, 5) is 9.40. The quantitative estimate of drug-likeness (QED) is 0.868. The summed E-state index contributed by atoms with van der Waals surface area (Å²) in [6.45, 7) is 5.61. The first kappa shape index (κ1) is 11.2. The second kappa shape index (κ2) is 3.96. The lowest BCUT2D eigenvalue weighted by Crippen LogP contribution is -2.23. The third-order valence-corrected chi connectivity index (χ3v) is 3.79. The lowest BCUT2D eigenvalue weighted by molar-refractivity contribution is 0.100. The summed E-state index contributed by atoms with van der Waals surface area (Å²) in [5.74, 6) is 0. The minimum atomic E-state index is -1.06. The average Bonchev–Trinajstić information content (AvgIpc) is 2.60. The normalized spacial score (nSPS) is 14.8. The van der Waals surface area contributed by atoms with Crippen molar-refractivity contribution in [1.82, 2.24) is 9.97 Å². The van der Waals surface area contributed by atoms with Crippen molar-refractivity contribution in [3.8, 4) is 0 Å². The Bertz CT molecular complexity index is 491. The van der Waals surface area contributed by atoms with E-state index in [2.05, 4.69) is 9.97 Å². The molecule has 1 unspecified atom stereocenters. The van der Waals surface area contributed by atoms with E-state index in [0.717, 1.165) is 15.6 Å². The van der Waals surface area contributed by atoms with E-state index in [1.807, 2.05) is 32.0 Å². The van der Waals surface area contributed by atoms with Crippen LogP contribution in [0.5, 0.6) is 0 Å². The van der Waals surface area contributed by atoms with Crippen molar-refractivity contribution in [1.29, 1.82) is 0 Å². The zero-order chi connectivity index (χ0) is 11.8. The Morgan fingerprint density at radius 3 is 2.56 bits per heavy atom. The molecule has 0 aliphatic carbocycles. The van der Waals surface area contributed by atoms with E-state index >= 15 is 0 Å². The molecule has 84 valence electrons. The first-order valence-electron chi connectivity index (χ1n) is 5.10. The highest BCUT2D eigenvalue weighted by Gasteiger charge is 2.31. The summed E-state index contributed by atoms with van der Waals surface area (Å²) >= 11 is 1.52. The van der Waals surface area contributed by atoms with Crippen LogP contribution in [0.1, 0.15) is 28.2 Å². The van der Waals surface area contributed by atoms with Gasteiger partial charge in [0.15, 0.2) is 0 Å². The molecule has 0 aromatic carbocycles. The van der Waals surface area contributed by atoms with Crippen LogP contribution in [0.25, 0.3) is 0 Å². The molecule has 0 aliphatic rings. The summed E-state index contributed by atoms with van der Waals surface area (Å²) in [6.07, 6.45) is 1.69. The molecule has 0 bridgehead atoms. The molecule has 0 radical (unpaired) electrons. The van der Waals surface area contributed by atoms with E-state index in [-0.39, 0.29) is 0 Å². The van der Waals surface area contributed by atoms with Gasteiger partial charge in [-0.25, -0.2) is 4.98 Å². The summed E-state index contributed by atoms with van der Waals surface area (Å²) in [7, 11) is 0. The van der Waals surface area contributed by atoms with Gasteiger partial charge in [-0.05, 0) is 32.9 Å². The van der Waals surface area contributed by atoms with Gasteiger partial charge in [-0.15, -0.1) is 11.3 Å². The number of hydrogen-bond donors (Lipinski definition) is 1. The third kappa shape index (κ3) is 1.86. The molecule has 1 atom stereocenters. The van der Waals surface area contributed by atoms with Crippen LogP contribution in [0.15, 0.2) is 24.4 Å². The molecule has 0 saturated carbocycles. The Kier molecular flexibility index (Phi) is 2.78. The molecule has 2 rings (SSSR count). The Labute approximate surface area is 98.8 Å². The Morgan fingerprint density at radius 1 is 1.31 bits per heavy atom. The fourth-order valence-electron chi connectivity index (χ4n) is 1.75. The van der Waals surface area contributed by atoms with Crippen molar-refractivity contribution in [3.05, 3.63) is 45.7 Å². The highest BCUT2D eigenvalue weighted by atomic mass is 32.1. The SMILES string of the molecule is Cc1nc(C)c(C(C)(O)c2ccccn2)s1. The molecule has 3 nitrogen and oxygen atoms in total. The third-order valence-electron chi connectivity index (χ3n) is 2.51. The maximum atomic E-state index is 10.6. The van der Waals surface area contributed by atoms with Gasteiger partial charge in [-0.3, -0.25) is 4.98 Å². The fraction of sp³-hybridized carbons (Fsp3) is 0.333. The van der Waals surface area contributed by atoms with Gasteiger partial charge in [-0.2, -0.15) is 0 Å². The Balaban J connectivity index is 2.51. The van der Waals surface area contributed by atoms with Gasteiger partial charge >= 0.3 is 0 Å². The van der Waals surface area contributed by atoms with Gasteiger partial charge in [0.25, 0.3) is 0 Å². The van der Waals surface area contributed by atoms with Crippen LogP contribution in [0, 0.1) is 13.8 Å². The van der Waals surface area contributed by atoms with E-state index in [1.54, 1.807) is 13.1 Å². The fourth-order valence-corrected chi connectivity index (χ4v) is 2.72. The topological polar surface area (TPSA) is 46.0 Å². The van der Waals surface area contributed by atoms with Crippen LogP contribution in [-0.2, 0) is 5.60 Å². The van der Waals surface area contributed by atoms with Gasteiger partial charge in [0.1, 0.15) is 5.60 Å². The molecule has 4 heteroatoms. The number of rotatable bonds is 2. The molecule has 2 aromatic rings. The second-order valence-corrected chi connectivity index (χ2v) is 5.14. The van der Waals surface area contributed by atoms with Crippen molar-refractivity contribution in [2.24, 2.45) is 0 Å². The van der Waals surface area contributed by atoms with E-state index in [9.17, 15) is 5.11 Å². The Hall–Kier alpha value is -1.26. The smallest absolute Gasteiger partial charge is 0.139 e. The molecule has 0 fully saturated rings. The average molecular weight is 234 g/mol. The molecule has 0 amide bonds. The van der Waals surface area contributed by atoms with Gasteiger partial charge < -0.3 is 5.11 Å². The zero-order valence-electron chi connectivity index (χ0n) is 9.56. The van der Waals surface area contributed by atoms with E-state index in [0.29, 0.717) is 5.69 Å². The summed E-state index contributed by atoms with van der Waals surface area (Å²) < 4.78 is 0. The summed E-state index contributed by atoms with van der Waals surface area (Å²) in [5, 5.41) is 11.5. The first-order chi connectivity index (χ1) is 7.51. The lowest BCUT2D eigenvalue weighted by Gasteiger charge is -2.21. The number of aromatic nitrogens is 2. The number of aryl methyl sites for hydroxylation is 2. The zero-order valence-corrected chi connectivity index (χ0v) is 10.4.